The number of nitrogens with one attached hydrogen (secondary N) is 1. The Labute approximate surface area is 107 Å². The first-order valence-corrected chi connectivity index (χ1v) is 7.30. The third-order valence-corrected chi connectivity index (χ3v) is 4.56. The van der Waals surface area contributed by atoms with Gasteiger partial charge in [-0.05, 0) is 13.5 Å². The molecule has 2 atom stereocenters. The van der Waals surface area contributed by atoms with Gasteiger partial charge in [0, 0.05) is 30.1 Å². The number of aromatic nitrogens is 1. The Hall–Kier alpha value is -0.680. The highest BCUT2D eigenvalue weighted by Crippen LogP contribution is 2.28. The van der Waals surface area contributed by atoms with E-state index in [9.17, 15) is 0 Å². The average Bonchev–Trinajstić information content (AvgIpc) is 2.78. The molecule has 1 aliphatic heterocycles. The van der Waals surface area contributed by atoms with Crippen LogP contribution in [0.4, 0.5) is 6.01 Å². The van der Waals surface area contributed by atoms with Crippen LogP contribution in [-0.4, -0.2) is 35.1 Å². The topological polar surface area (TPSA) is 41.3 Å². The van der Waals surface area contributed by atoms with Gasteiger partial charge in [-0.1, -0.05) is 13.8 Å². The summed E-state index contributed by atoms with van der Waals surface area (Å²) in [5.41, 5.74) is 0.986. The van der Waals surface area contributed by atoms with Crippen LogP contribution in [0.3, 0.4) is 0 Å². The molecule has 0 radical (unpaired) electrons. The fourth-order valence-electron chi connectivity index (χ4n) is 1.97. The van der Waals surface area contributed by atoms with E-state index in [1.165, 1.54) is 0 Å². The van der Waals surface area contributed by atoms with E-state index in [4.69, 9.17) is 4.42 Å². The quantitative estimate of drug-likeness (QED) is 0.892. The minimum Gasteiger partial charge on any atom is -0.432 e. The highest BCUT2D eigenvalue weighted by Gasteiger charge is 2.28. The first-order valence-electron chi connectivity index (χ1n) is 6.25. The summed E-state index contributed by atoms with van der Waals surface area (Å²) in [6, 6.07) is 1.26. The maximum absolute atomic E-state index is 5.59. The van der Waals surface area contributed by atoms with Crippen molar-refractivity contribution in [1.82, 2.24) is 10.3 Å². The summed E-state index contributed by atoms with van der Waals surface area (Å²) in [6.45, 7) is 9.36. The minimum absolute atomic E-state index is 0.486. The lowest BCUT2D eigenvalue weighted by molar-refractivity contribution is 0.500. The first kappa shape index (κ1) is 12.8. The van der Waals surface area contributed by atoms with Crippen LogP contribution >= 0.6 is 11.8 Å². The van der Waals surface area contributed by atoms with Gasteiger partial charge in [0.15, 0.2) is 0 Å². The van der Waals surface area contributed by atoms with Crippen LogP contribution in [0.2, 0.25) is 0 Å². The van der Waals surface area contributed by atoms with Crippen molar-refractivity contribution in [2.45, 2.75) is 38.6 Å². The summed E-state index contributed by atoms with van der Waals surface area (Å²) in [4.78, 5) is 6.82. The molecule has 17 heavy (non-hydrogen) atoms. The summed E-state index contributed by atoms with van der Waals surface area (Å²) in [7, 11) is 0. The zero-order valence-electron chi connectivity index (χ0n) is 10.8. The molecule has 4 nitrogen and oxygen atoms in total. The normalized spacial score (nSPS) is 25.2. The van der Waals surface area contributed by atoms with Crippen LogP contribution in [0, 0.1) is 0 Å². The van der Waals surface area contributed by atoms with Crippen molar-refractivity contribution < 1.29 is 4.42 Å². The van der Waals surface area contributed by atoms with Crippen LogP contribution in [0.25, 0.3) is 0 Å². The zero-order chi connectivity index (χ0) is 12.3. The fourth-order valence-corrected chi connectivity index (χ4v) is 3.06. The Balaban J connectivity index is 2.03. The molecule has 0 aromatic carbocycles. The first-order chi connectivity index (χ1) is 8.22. The SMILES string of the molecule is CCNCc1coc(N2CCSC(C)C2C)n1. The van der Waals surface area contributed by atoms with Gasteiger partial charge in [0.1, 0.15) is 6.26 Å². The zero-order valence-corrected chi connectivity index (χ0v) is 11.6. The second kappa shape index (κ2) is 5.78. The Bertz CT molecular complexity index is 355. The van der Waals surface area contributed by atoms with Crippen molar-refractivity contribution in [2.24, 2.45) is 0 Å². The maximum Gasteiger partial charge on any atom is 0.297 e. The molecule has 2 rings (SSSR count). The van der Waals surface area contributed by atoms with Crippen molar-refractivity contribution in [1.29, 1.82) is 0 Å². The Morgan fingerprint density at radius 3 is 3.18 bits per heavy atom. The number of hydrogen-bond acceptors (Lipinski definition) is 5. The molecule has 1 fully saturated rings. The van der Waals surface area contributed by atoms with Gasteiger partial charge in [-0.15, -0.1) is 0 Å². The summed E-state index contributed by atoms with van der Waals surface area (Å²) in [5, 5.41) is 3.89. The second-order valence-corrected chi connectivity index (χ2v) is 5.90. The van der Waals surface area contributed by atoms with Crippen LogP contribution in [0.1, 0.15) is 26.5 Å². The van der Waals surface area contributed by atoms with E-state index < -0.39 is 0 Å². The van der Waals surface area contributed by atoms with Crippen LogP contribution in [0.15, 0.2) is 10.7 Å². The monoisotopic (exact) mass is 255 g/mol. The van der Waals surface area contributed by atoms with Gasteiger partial charge in [0.05, 0.1) is 5.69 Å². The van der Waals surface area contributed by atoms with E-state index in [0.717, 1.165) is 37.1 Å². The molecule has 0 spiro atoms. The van der Waals surface area contributed by atoms with Crippen molar-refractivity contribution in [2.75, 3.05) is 23.7 Å². The van der Waals surface area contributed by atoms with Gasteiger partial charge in [-0.2, -0.15) is 16.7 Å². The number of nitrogens with zero attached hydrogens (tertiary/aromatic N) is 2. The van der Waals surface area contributed by atoms with Gasteiger partial charge in [0.25, 0.3) is 6.01 Å². The lowest BCUT2D eigenvalue weighted by Gasteiger charge is -2.36. The Morgan fingerprint density at radius 2 is 2.41 bits per heavy atom. The summed E-state index contributed by atoms with van der Waals surface area (Å²) in [6.07, 6.45) is 1.76. The van der Waals surface area contributed by atoms with Crippen molar-refractivity contribution in [3.05, 3.63) is 12.0 Å². The number of hydrogen-bond donors (Lipinski definition) is 1. The van der Waals surface area contributed by atoms with Gasteiger partial charge in [-0.25, -0.2) is 0 Å². The predicted octanol–water partition coefficient (Wildman–Crippen LogP) is 2.11. The van der Waals surface area contributed by atoms with Crippen molar-refractivity contribution in [3.8, 4) is 0 Å². The van der Waals surface area contributed by atoms with E-state index in [1.54, 1.807) is 6.26 Å². The van der Waals surface area contributed by atoms with E-state index in [0.29, 0.717) is 11.3 Å². The average molecular weight is 255 g/mol. The van der Waals surface area contributed by atoms with Crippen LogP contribution < -0.4 is 10.2 Å². The van der Waals surface area contributed by atoms with Gasteiger partial charge < -0.3 is 14.6 Å². The highest BCUT2D eigenvalue weighted by atomic mass is 32.2. The second-order valence-electron chi connectivity index (χ2n) is 4.41. The maximum atomic E-state index is 5.59. The van der Waals surface area contributed by atoms with Gasteiger partial charge >= 0.3 is 0 Å². The summed E-state index contributed by atoms with van der Waals surface area (Å²) in [5.74, 6) is 1.15. The number of anilines is 1. The molecule has 1 saturated heterocycles. The van der Waals surface area contributed by atoms with E-state index in [2.05, 4.69) is 36.0 Å². The molecule has 0 aliphatic carbocycles. The summed E-state index contributed by atoms with van der Waals surface area (Å²) < 4.78 is 5.59. The molecular formula is C12H21N3OS. The number of rotatable bonds is 4. The third kappa shape index (κ3) is 2.96. The van der Waals surface area contributed by atoms with E-state index in [-0.39, 0.29) is 0 Å². The molecule has 1 aromatic rings. The van der Waals surface area contributed by atoms with Crippen molar-refractivity contribution in [3.63, 3.8) is 0 Å². The number of oxazole rings is 1. The Kier molecular flexibility index (Phi) is 4.34. The number of thioether (sulfide) groups is 1. The Morgan fingerprint density at radius 1 is 1.59 bits per heavy atom. The van der Waals surface area contributed by atoms with Gasteiger partial charge in [0.2, 0.25) is 0 Å². The lowest BCUT2D eigenvalue weighted by atomic mass is 10.2. The largest absolute Gasteiger partial charge is 0.432 e. The molecule has 2 heterocycles. The van der Waals surface area contributed by atoms with Crippen molar-refractivity contribution >= 4 is 17.8 Å². The highest BCUT2D eigenvalue weighted by molar-refractivity contribution is 8.00. The molecule has 0 amide bonds. The molecule has 0 bridgehead atoms. The van der Waals surface area contributed by atoms with Crippen LogP contribution in [-0.2, 0) is 6.54 Å². The molecule has 96 valence electrons. The molecule has 1 aliphatic rings. The summed E-state index contributed by atoms with van der Waals surface area (Å²) >= 11 is 2.02. The lowest BCUT2D eigenvalue weighted by Crippen LogP contribution is -2.44. The predicted molar refractivity (Wildman–Crippen MR) is 72.6 cm³/mol. The molecule has 2 unspecified atom stereocenters. The van der Waals surface area contributed by atoms with E-state index >= 15 is 0 Å². The van der Waals surface area contributed by atoms with Gasteiger partial charge in [-0.3, -0.25) is 0 Å². The van der Waals surface area contributed by atoms with Crippen LogP contribution in [0.5, 0.6) is 0 Å². The molecule has 5 heteroatoms. The smallest absolute Gasteiger partial charge is 0.297 e. The molecular weight excluding hydrogens is 234 g/mol. The van der Waals surface area contributed by atoms with E-state index in [1.807, 2.05) is 11.8 Å². The molecule has 0 saturated carbocycles. The fraction of sp³-hybridized carbons (Fsp3) is 0.750. The standard InChI is InChI=1S/C12H21N3OS/c1-4-13-7-11-8-16-12(14-11)15-5-6-17-10(3)9(15)2/h8-10,13H,4-7H2,1-3H3. The third-order valence-electron chi connectivity index (χ3n) is 3.23. The molecule has 1 N–H and O–H groups in total. The minimum atomic E-state index is 0.486. The molecule has 1 aromatic heterocycles.